The summed E-state index contributed by atoms with van der Waals surface area (Å²) in [5.41, 5.74) is 1.85. The third-order valence-electron chi connectivity index (χ3n) is 7.86. The molecule has 0 bridgehead atoms. The standard InChI is InChI=1S/C25H39N3O3/c1-20-5-4-6-22(17-20)28-14-8-24(30,9-15-28)19-27-12-10-25(11-13-27)18-23(7-16-31-25)26(3)21(2)29/h4-6,17,23,30H,7-16,18-19H2,1-3H3/t23-/m0/s1. The first-order valence-corrected chi connectivity index (χ1v) is 11.9. The normalized spacial score (nSPS) is 26.1. The van der Waals surface area contributed by atoms with Gasteiger partial charge in [-0.3, -0.25) is 4.79 Å². The molecule has 31 heavy (non-hydrogen) atoms. The smallest absolute Gasteiger partial charge is 0.219 e. The maximum absolute atomic E-state index is 11.8. The lowest BCUT2D eigenvalue weighted by molar-refractivity contribution is -0.149. The minimum absolute atomic E-state index is 0.0969. The highest BCUT2D eigenvalue weighted by molar-refractivity contribution is 5.73. The maximum Gasteiger partial charge on any atom is 0.219 e. The Balaban J connectivity index is 1.27. The first kappa shape index (κ1) is 22.6. The van der Waals surface area contributed by atoms with Crippen LogP contribution in [0, 0.1) is 6.92 Å². The molecule has 1 spiro atoms. The van der Waals surface area contributed by atoms with E-state index >= 15 is 0 Å². The van der Waals surface area contributed by atoms with Gasteiger partial charge in [0.1, 0.15) is 0 Å². The fraction of sp³-hybridized carbons (Fsp3) is 0.720. The number of carbonyl (C=O) groups is 1. The van der Waals surface area contributed by atoms with Crippen LogP contribution in [0.5, 0.6) is 0 Å². The van der Waals surface area contributed by atoms with E-state index < -0.39 is 5.60 Å². The first-order chi connectivity index (χ1) is 14.8. The van der Waals surface area contributed by atoms with Gasteiger partial charge in [0.25, 0.3) is 0 Å². The van der Waals surface area contributed by atoms with Crippen molar-refractivity contribution in [3.8, 4) is 0 Å². The summed E-state index contributed by atoms with van der Waals surface area (Å²) < 4.78 is 6.27. The summed E-state index contributed by atoms with van der Waals surface area (Å²) in [4.78, 5) is 18.5. The van der Waals surface area contributed by atoms with Crippen LogP contribution >= 0.6 is 0 Å². The van der Waals surface area contributed by atoms with Crippen molar-refractivity contribution < 1.29 is 14.6 Å². The Morgan fingerprint density at radius 1 is 1.19 bits per heavy atom. The summed E-state index contributed by atoms with van der Waals surface area (Å²) in [6.45, 7) is 8.99. The van der Waals surface area contributed by atoms with E-state index in [1.165, 1.54) is 11.3 Å². The van der Waals surface area contributed by atoms with Crippen molar-refractivity contribution in [2.24, 2.45) is 0 Å². The van der Waals surface area contributed by atoms with Crippen molar-refractivity contribution in [2.75, 3.05) is 51.3 Å². The zero-order chi connectivity index (χ0) is 22.1. The van der Waals surface area contributed by atoms with Gasteiger partial charge in [0.2, 0.25) is 5.91 Å². The Hall–Kier alpha value is -1.63. The number of rotatable bonds is 4. The first-order valence-electron chi connectivity index (χ1n) is 11.9. The van der Waals surface area contributed by atoms with Gasteiger partial charge in [0.15, 0.2) is 0 Å². The van der Waals surface area contributed by atoms with Crippen LogP contribution in [0.2, 0.25) is 0 Å². The van der Waals surface area contributed by atoms with E-state index in [4.69, 9.17) is 4.74 Å². The molecule has 3 aliphatic rings. The molecule has 0 saturated carbocycles. The molecule has 0 radical (unpaired) electrons. The Morgan fingerprint density at radius 2 is 1.90 bits per heavy atom. The van der Waals surface area contributed by atoms with Crippen molar-refractivity contribution in [1.29, 1.82) is 0 Å². The summed E-state index contributed by atoms with van der Waals surface area (Å²) in [5, 5.41) is 11.3. The van der Waals surface area contributed by atoms with Gasteiger partial charge in [-0.25, -0.2) is 0 Å². The average Bonchev–Trinajstić information content (AvgIpc) is 2.75. The van der Waals surface area contributed by atoms with E-state index in [1.54, 1.807) is 6.92 Å². The van der Waals surface area contributed by atoms with Crippen LogP contribution in [0.1, 0.15) is 51.0 Å². The molecule has 6 nitrogen and oxygen atoms in total. The highest BCUT2D eigenvalue weighted by Gasteiger charge is 2.43. The summed E-state index contributed by atoms with van der Waals surface area (Å²) in [6, 6.07) is 8.93. The number of amides is 1. The van der Waals surface area contributed by atoms with Gasteiger partial charge in [-0.15, -0.1) is 0 Å². The Morgan fingerprint density at radius 3 is 2.55 bits per heavy atom. The molecule has 0 unspecified atom stereocenters. The second kappa shape index (κ2) is 9.08. The van der Waals surface area contributed by atoms with Crippen molar-refractivity contribution in [2.45, 2.75) is 69.6 Å². The molecule has 6 heteroatoms. The highest BCUT2D eigenvalue weighted by Crippen LogP contribution is 2.37. The van der Waals surface area contributed by atoms with Crippen molar-refractivity contribution in [3.63, 3.8) is 0 Å². The topological polar surface area (TPSA) is 56.3 Å². The number of β-amino-alcohol motifs (C(OH)–C–C–N with tert-alkyl or cyclic N) is 1. The monoisotopic (exact) mass is 429 g/mol. The molecule has 3 fully saturated rings. The number of likely N-dealkylation sites (tertiary alicyclic amines) is 1. The fourth-order valence-electron chi connectivity index (χ4n) is 5.64. The minimum Gasteiger partial charge on any atom is -0.388 e. The SMILES string of the molecule is CC(=O)N(C)[C@H]1CCOC2(CCN(CC3(O)CCN(c4cccc(C)c4)CC3)CC2)C1. The van der Waals surface area contributed by atoms with E-state index in [2.05, 4.69) is 41.0 Å². The molecule has 172 valence electrons. The third-order valence-corrected chi connectivity index (χ3v) is 7.86. The molecule has 3 heterocycles. The highest BCUT2D eigenvalue weighted by atomic mass is 16.5. The van der Waals surface area contributed by atoms with Crippen LogP contribution in [0.15, 0.2) is 24.3 Å². The molecule has 3 aliphatic heterocycles. The Kier molecular flexibility index (Phi) is 6.61. The Labute approximate surface area is 187 Å². The molecule has 1 N–H and O–H groups in total. The number of carbonyl (C=O) groups excluding carboxylic acids is 1. The van der Waals surface area contributed by atoms with Gasteiger partial charge in [-0.2, -0.15) is 0 Å². The minimum atomic E-state index is -0.602. The van der Waals surface area contributed by atoms with Gasteiger partial charge in [0, 0.05) is 65.0 Å². The predicted octanol–water partition coefficient (Wildman–Crippen LogP) is 2.82. The number of hydrogen-bond donors (Lipinski definition) is 1. The molecular formula is C25H39N3O3. The van der Waals surface area contributed by atoms with Crippen LogP contribution in [0.3, 0.4) is 0 Å². The van der Waals surface area contributed by atoms with Gasteiger partial charge in [-0.05, 0) is 63.1 Å². The molecule has 1 amide bonds. The molecule has 1 atom stereocenters. The second-order valence-corrected chi connectivity index (χ2v) is 10.1. The number of anilines is 1. The molecule has 1 aromatic rings. The number of ether oxygens (including phenoxy) is 1. The van der Waals surface area contributed by atoms with Crippen molar-refractivity contribution in [3.05, 3.63) is 29.8 Å². The lowest BCUT2D eigenvalue weighted by atomic mass is 9.81. The van der Waals surface area contributed by atoms with Crippen LogP contribution in [0.4, 0.5) is 5.69 Å². The van der Waals surface area contributed by atoms with Crippen LogP contribution < -0.4 is 4.90 Å². The van der Waals surface area contributed by atoms with Crippen LogP contribution in [-0.4, -0.2) is 84.4 Å². The van der Waals surface area contributed by atoms with E-state index in [1.807, 2.05) is 11.9 Å². The molecule has 1 aromatic carbocycles. The average molecular weight is 430 g/mol. The molecule has 4 rings (SSSR count). The lowest BCUT2D eigenvalue weighted by Crippen LogP contribution is -2.57. The zero-order valence-electron chi connectivity index (χ0n) is 19.5. The third kappa shape index (κ3) is 5.24. The number of hydrogen-bond acceptors (Lipinski definition) is 5. The second-order valence-electron chi connectivity index (χ2n) is 10.1. The van der Waals surface area contributed by atoms with Gasteiger partial charge in [-0.1, -0.05) is 12.1 Å². The zero-order valence-corrected chi connectivity index (χ0v) is 19.5. The molecule has 0 aromatic heterocycles. The summed E-state index contributed by atoms with van der Waals surface area (Å²) in [7, 11) is 1.92. The van der Waals surface area contributed by atoms with E-state index in [-0.39, 0.29) is 17.6 Å². The molecular weight excluding hydrogens is 390 g/mol. The van der Waals surface area contributed by atoms with E-state index in [0.717, 1.165) is 77.9 Å². The summed E-state index contributed by atoms with van der Waals surface area (Å²) >= 11 is 0. The Bertz CT molecular complexity index is 767. The van der Waals surface area contributed by atoms with Crippen LogP contribution in [0.25, 0.3) is 0 Å². The number of nitrogens with zero attached hydrogens (tertiary/aromatic N) is 3. The van der Waals surface area contributed by atoms with Crippen LogP contribution in [-0.2, 0) is 9.53 Å². The number of aliphatic hydroxyl groups is 1. The van der Waals surface area contributed by atoms with Gasteiger partial charge in [0.05, 0.1) is 11.2 Å². The number of piperidine rings is 2. The van der Waals surface area contributed by atoms with E-state index in [0.29, 0.717) is 0 Å². The fourth-order valence-corrected chi connectivity index (χ4v) is 5.64. The van der Waals surface area contributed by atoms with E-state index in [9.17, 15) is 9.90 Å². The summed E-state index contributed by atoms with van der Waals surface area (Å²) in [6.07, 6.45) is 5.46. The molecule has 0 aliphatic carbocycles. The lowest BCUT2D eigenvalue weighted by Gasteiger charge is -2.49. The quantitative estimate of drug-likeness (QED) is 0.798. The summed E-state index contributed by atoms with van der Waals surface area (Å²) in [5.74, 6) is 0.138. The van der Waals surface area contributed by atoms with Gasteiger partial charge >= 0.3 is 0 Å². The molecule has 3 saturated heterocycles. The largest absolute Gasteiger partial charge is 0.388 e. The maximum atomic E-state index is 11.8. The van der Waals surface area contributed by atoms with Crippen molar-refractivity contribution >= 4 is 11.6 Å². The number of benzene rings is 1. The van der Waals surface area contributed by atoms with Crippen molar-refractivity contribution in [1.82, 2.24) is 9.80 Å². The number of aryl methyl sites for hydroxylation is 1. The predicted molar refractivity (Wildman–Crippen MR) is 123 cm³/mol. The van der Waals surface area contributed by atoms with Gasteiger partial charge < -0.3 is 24.5 Å².